The largest absolute Gasteiger partial charge is 0.379 e. The summed E-state index contributed by atoms with van der Waals surface area (Å²) in [4.78, 5) is 69.8. The van der Waals surface area contributed by atoms with E-state index in [9.17, 15) is 29.1 Å². The number of primary amides is 1. The second kappa shape index (κ2) is 14.7. The number of fused-ring (bicyclic) bond motifs is 1. The van der Waals surface area contributed by atoms with Crippen molar-refractivity contribution in [1.29, 1.82) is 0 Å². The lowest BCUT2D eigenvalue weighted by molar-refractivity contribution is -0.186. The second-order valence-corrected chi connectivity index (χ2v) is 15.2. The zero-order valence-corrected chi connectivity index (χ0v) is 29.3. The SMILES string of the molecule is NC(=O)C(=O)C1(NC(=O)[C@@H]2C[C@H](n3cc(C4(O)COC4)nn3)CN2C(=O)[C@@H](CC2CCCCC2)NC(=O)c2ccc3ccccc3c2)CCCCC1. The Hall–Kier alpha value is -4.69. The standard InChI is InChI=1S/C38H47N7O7/c39-33(47)32(46)37(15-7-2-8-16-37)41-35(49)30-19-28(45-21-31(42-43-45)38(51)22-52-23-38)20-44(30)36(50)29(17-24-9-3-1-4-10-24)40-34(48)27-14-13-25-11-5-6-12-26(25)18-27/h5-6,11-14,18,21,24,28-30,51H,1-4,7-10,15-17,19-20,22-23H2,(H2,39,47)(H,40,48)(H,41,49)/t28-,29+,30-/m0/s1. The maximum absolute atomic E-state index is 14.8. The van der Waals surface area contributed by atoms with Gasteiger partial charge >= 0.3 is 0 Å². The molecule has 0 spiro atoms. The Morgan fingerprint density at radius 2 is 1.67 bits per heavy atom. The summed E-state index contributed by atoms with van der Waals surface area (Å²) in [5.41, 5.74) is 3.51. The predicted octanol–water partition coefficient (Wildman–Crippen LogP) is 2.43. The Bertz CT molecular complexity index is 1840. The number of carbonyl (C=O) groups is 5. The quantitative estimate of drug-likeness (QED) is 0.216. The van der Waals surface area contributed by atoms with Crippen LogP contribution in [-0.4, -0.2) is 91.8 Å². The third-order valence-corrected chi connectivity index (χ3v) is 11.5. The first kappa shape index (κ1) is 35.7. The molecule has 3 aromatic rings. The molecule has 2 aliphatic heterocycles. The van der Waals surface area contributed by atoms with Gasteiger partial charge < -0.3 is 31.1 Å². The number of hydrogen-bond acceptors (Lipinski definition) is 9. The monoisotopic (exact) mass is 713 g/mol. The molecular formula is C38H47N7O7. The summed E-state index contributed by atoms with van der Waals surface area (Å²) < 4.78 is 6.74. The molecule has 0 unspecified atom stereocenters. The van der Waals surface area contributed by atoms with E-state index in [1.54, 1.807) is 23.0 Å². The topological polar surface area (TPSA) is 199 Å². The molecule has 1 aromatic heterocycles. The molecule has 4 amide bonds. The van der Waals surface area contributed by atoms with Crippen molar-refractivity contribution in [2.45, 2.75) is 106 Å². The minimum Gasteiger partial charge on any atom is -0.379 e. The van der Waals surface area contributed by atoms with Crippen molar-refractivity contribution in [2.75, 3.05) is 19.8 Å². The van der Waals surface area contributed by atoms with Gasteiger partial charge in [0.1, 0.15) is 23.3 Å². The Morgan fingerprint density at radius 1 is 0.962 bits per heavy atom. The Labute approximate surface area is 301 Å². The molecule has 0 radical (unpaired) electrons. The molecule has 0 bridgehead atoms. The van der Waals surface area contributed by atoms with Crippen LogP contribution in [0.3, 0.4) is 0 Å². The number of nitrogens with one attached hydrogen (secondary N) is 2. The van der Waals surface area contributed by atoms with Gasteiger partial charge in [-0.25, -0.2) is 4.68 Å². The van der Waals surface area contributed by atoms with Crippen LogP contribution in [0.1, 0.15) is 99.1 Å². The summed E-state index contributed by atoms with van der Waals surface area (Å²) in [6, 6.07) is 10.7. The van der Waals surface area contributed by atoms with Gasteiger partial charge in [0.05, 0.1) is 25.5 Å². The number of rotatable bonds is 11. The van der Waals surface area contributed by atoms with Crippen LogP contribution in [0.4, 0.5) is 0 Å². The van der Waals surface area contributed by atoms with Gasteiger partial charge in [0, 0.05) is 18.5 Å². The number of aliphatic hydroxyl groups is 1. The zero-order chi connectivity index (χ0) is 36.5. The highest BCUT2D eigenvalue weighted by Crippen LogP contribution is 2.35. The van der Waals surface area contributed by atoms with Crippen LogP contribution >= 0.6 is 0 Å². The van der Waals surface area contributed by atoms with Gasteiger partial charge in [0.15, 0.2) is 5.60 Å². The lowest BCUT2D eigenvalue weighted by Gasteiger charge is -2.38. The number of aromatic nitrogens is 3. The fourth-order valence-corrected chi connectivity index (χ4v) is 8.48. The van der Waals surface area contributed by atoms with E-state index in [1.807, 2.05) is 30.3 Å². The molecular weight excluding hydrogens is 666 g/mol. The molecule has 4 aliphatic rings. The Balaban J connectivity index is 1.19. The van der Waals surface area contributed by atoms with Crippen LogP contribution in [0.2, 0.25) is 0 Å². The van der Waals surface area contributed by atoms with Crippen LogP contribution in [-0.2, 0) is 29.5 Å². The molecule has 4 fully saturated rings. The third kappa shape index (κ3) is 7.18. The molecule has 2 saturated heterocycles. The van der Waals surface area contributed by atoms with Gasteiger partial charge in [-0.3, -0.25) is 24.0 Å². The van der Waals surface area contributed by atoms with E-state index in [0.717, 1.165) is 49.3 Å². The molecule has 52 heavy (non-hydrogen) atoms. The summed E-state index contributed by atoms with van der Waals surface area (Å²) in [7, 11) is 0. The number of Topliss-reactive ketones (excluding diaryl/α,β-unsaturated/α-hetero) is 1. The minimum absolute atomic E-state index is 0.0679. The first-order chi connectivity index (χ1) is 25.0. The molecule has 3 atom stereocenters. The van der Waals surface area contributed by atoms with Gasteiger partial charge in [0.2, 0.25) is 17.6 Å². The predicted molar refractivity (Wildman–Crippen MR) is 188 cm³/mol. The van der Waals surface area contributed by atoms with E-state index in [2.05, 4.69) is 20.9 Å². The Morgan fingerprint density at radius 3 is 2.37 bits per heavy atom. The number of nitrogens with zero attached hydrogens (tertiary/aromatic N) is 4. The molecule has 14 nitrogen and oxygen atoms in total. The zero-order valence-electron chi connectivity index (χ0n) is 29.3. The maximum atomic E-state index is 14.8. The molecule has 2 aliphatic carbocycles. The highest BCUT2D eigenvalue weighted by molar-refractivity contribution is 6.39. The van der Waals surface area contributed by atoms with Gasteiger partial charge in [-0.2, -0.15) is 0 Å². The highest BCUT2D eigenvalue weighted by Gasteiger charge is 2.49. The van der Waals surface area contributed by atoms with Crippen molar-refractivity contribution in [3.05, 3.63) is 59.9 Å². The van der Waals surface area contributed by atoms with Gasteiger partial charge in [-0.15, -0.1) is 5.10 Å². The normalized spacial score (nSPS) is 23.4. The lowest BCUT2D eigenvalue weighted by atomic mass is 9.78. The van der Waals surface area contributed by atoms with E-state index in [4.69, 9.17) is 10.5 Å². The van der Waals surface area contributed by atoms with E-state index in [1.165, 1.54) is 4.90 Å². The maximum Gasteiger partial charge on any atom is 0.287 e. The summed E-state index contributed by atoms with van der Waals surface area (Å²) in [6.07, 6.45) is 9.90. The highest BCUT2D eigenvalue weighted by atomic mass is 16.5. The number of likely N-dealkylation sites (tertiary alicyclic amines) is 1. The minimum atomic E-state index is -1.45. The third-order valence-electron chi connectivity index (χ3n) is 11.5. The summed E-state index contributed by atoms with van der Waals surface area (Å²) >= 11 is 0. The van der Waals surface area contributed by atoms with Crippen LogP contribution in [0.15, 0.2) is 48.7 Å². The van der Waals surface area contributed by atoms with Crippen molar-refractivity contribution in [3.63, 3.8) is 0 Å². The fraction of sp³-hybridized carbons (Fsp3) is 0.553. The first-order valence-corrected chi connectivity index (χ1v) is 18.5. The van der Waals surface area contributed by atoms with E-state index < -0.39 is 52.8 Å². The number of carbonyl (C=O) groups excluding carboxylic acids is 5. The van der Waals surface area contributed by atoms with E-state index >= 15 is 0 Å². The summed E-state index contributed by atoms with van der Waals surface area (Å²) in [5.74, 6) is -3.11. The average molecular weight is 714 g/mol. The molecule has 2 aromatic carbocycles. The van der Waals surface area contributed by atoms with Gasteiger partial charge in [0.25, 0.3) is 11.8 Å². The first-order valence-electron chi connectivity index (χ1n) is 18.5. The van der Waals surface area contributed by atoms with Crippen molar-refractivity contribution in [3.8, 4) is 0 Å². The molecule has 276 valence electrons. The fourth-order valence-electron chi connectivity index (χ4n) is 8.48. The lowest BCUT2D eigenvalue weighted by Crippen LogP contribution is -2.62. The molecule has 2 saturated carbocycles. The number of nitrogens with two attached hydrogens (primary N) is 1. The summed E-state index contributed by atoms with van der Waals surface area (Å²) in [5, 5.41) is 27.1. The van der Waals surface area contributed by atoms with E-state index in [-0.39, 0.29) is 50.8 Å². The average Bonchev–Trinajstić information content (AvgIpc) is 3.82. The number of ether oxygens (including phenoxy) is 1. The molecule has 5 N–H and O–H groups in total. The van der Waals surface area contributed by atoms with E-state index in [0.29, 0.717) is 30.5 Å². The molecule has 7 rings (SSSR count). The van der Waals surface area contributed by atoms with Gasteiger partial charge in [-0.1, -0.05) is 86.9 Å². The summed E-state index contributed by atoms with van der Waals surface area (Å²) in [6.45, 7) is 0.238. The van der Waals surface area contributed by atoms with Crippen molar-refractivity contribution >= 4 is 40.2 Å². The number of hydrogen-bond donors (Lipinski definition) is 4. The molecule has 14 heteroatoms. The van der Waals surface area contributed by atoms with Crippen molar-refractivity contribution in [1.82, 2.24) is 30.5 Å². The number of amides is 4. The van der Waals surface area contributed by atoms with Crippen molar-refractivity contribution in [2.24, 2.45) is 11.7 Å². The van der Waals surface area contributed by atoms with Crippen LogP contribution in [0, 0.1) is 5.92 Å². The smallest absolute Gasteiger partial charge is 0.287 e. The Kier molecular flexibility index (Phi) is 10.1. The van der Waals surface area contributed by atoms with Crippen molar-refractivity contribution < 1.29 is 33.8 Å². The van der Waals surface area contributed by atoms with Crippen LogP contribution < -0.4 is 16.4 Å². The number of ketones is 1. The van der Waals surface area contributed by atoms with Gasteiger partial charge in [-0.05, 0) is 48.1 Å². The van der Waals surface area contributed by atoms with Crippen LogP contribution in [0.5, 0.6) is 0 Å². The number of benzene rings is 2. The van der Waals surface area contributed by atoms with Crippen LogP contribution in [0.25, 0.3) is 10.8 Å². The second-order valence-electron chi connectivity index (χ2n) is 15.2. The molecule has 3 heterocycles.